The highest BCUT2D eigenvalue weighted by Crippen LogP contribution is 2.21. The quantitative estimate of drug-likeness (QED) is 0.291. The zero-order chi connectivity index (χ0) is 25.9. The third-order valence-electron chi connectivity index (χ3n) is 7.01. The van der Waals surface area contributed by atoms with Gasteiger partial charge < -0.3 is 26.4 Å². The van der Waals surface area contributed by atoms with Crippen LogP contribution in [0.4, 0.5) is 11.4 Å². The highest BCUT2D eigenvalue weighted by Gasteiger charge is 2.24. The van der Waals surface area contributed by atoms with Gasteiger partial charge in [-0.3, -0.25) is 14.5 Å². The van der Waals surface area contributed by atoms with E-state index in [0.29, 0.717) is 17.9 Å². The average Bonchev–Trinajstić information content (AvgIpc) is 2.93. The van der Waals surface area contributed by atoms with Gasteiger partial charge in [0.25, 0.3) is 0 Å². The van der Waals surface area contributed by atoms with Crippen molar-refractivity contribution in [2.24, 2.45) is 0 Å². The molecule has 2 aromatic carbocycles. The number of morpholine rings is 1. The van der Waals surface area contributed by atoms with Gasteiger partial charge >= 0.3 is 0 Å². The maximum Gasteiger partial charge on any atom is 0.248 e. The summed E-state index contributed by atoms with van der Waals surface area (Å²) in [4.78, 5) is 28.0. The van der Waals surface area contributed by atoms with Crippen LogP contribution in [-0.2, 0) is 14.3 Å². The molecule has 4 rings (SSSR count). The highest BCUT2D eigenvalue weighted by molar-refractivity contribution is 6.03. The molecule has 0 bridgehead atoms. The summed E-state index contributed by atoms with van der Waals surface area (Å²) in [6.45, 7) is 4.96. The minimum absolute atomic E-state index is 0.0250. The van der Waals surface area contributed by atoms with E-state index in [-0.39, 0.29) is 17.9 Å². The van der Waals surface area contributed by atoms with E-state index < -0.39 is 6.04 Å². The number of nitrogens with one attached hydrogen (secondary N) is 3. The average molecular weight is 506 g/mol. The van der Waals surface area contributed by atoms with Crippen molar-refractivity contribution >= 4 is 29.3 Å². The molecule has 1 aliphatic carbocycles. The SMILES string of the molecule is Nc1ccccc1NC(=O)C=Cc1ccc(C(NCCN2CCOCC2)C(=O)NC2CCCCC2)cc1. The molecule has 0 radical (unpaired) electrons. The van der Waals surface area contributed by atoms with Crippen molar-refractivity contribution < 1.29 is 14.3 Å². The molecule has 1 saturated heterocycles. The molecule has 2 fully saturated rings. The molecule has 0 aromatic heterocycles. The van der Waals surface area contributed by atoms with Crippen LogP contribution in [0.25, 0.3) is 6.08 Å². The van der Waals surface area contributed by atoms with E-state index in [0.717, 1.165) is 56.8 Å². The van der Waals surface area contributed by atoms with Gasteiger partial charge in [0.2, 0.25) is 11.8 Å². The fourth-order valence-corrected chi connectivity index (χ4v) is 4.84. The number of para-hydroxylation sites is 2. The number of nitrogen functional groups attached to an aromatic ring is 1. The molecule has 1 unspecified atom stereocenters. The topological polar surface area (TPSA) is 109 Å². The first kappa shape index (κ1) is 26.9. The van der Waals surface area contributed by atoms with Crippen LogP contribution in [0, 0.1) is 0 Å². The Morgan fingerprint density at radius 2 is 1.76 bits per heavy atom. The fraction of sp³-hybridized carbons (Fsp3) is 0.448. The van der Waals surface area contributed by atoms with Crippen molar-refractivity contribution in [2.75, 3.05) is 50.4 Å². The van der Waals surface area contributed by atoms with Gasteiger partial charge in [-0.1, -0.05) is 55.7 Å². The Labute approximate surface area is 219 Å². The lowest BCUT2D eigenvalue weighted by Crippen LogP contribution is -2.46. The monoisotopic (exact) mass is 505 g/mol. The second-order valence-electron chi connectivity index (χ2n) is 9.76. The fourth-order valence-electron chi connectivity index (χ4n) is 4.84. The Balaban J connectivity index is 1.37. The zero-order valence-electron chi connectivity index (χ0n) is 21.5. The van der Waals surface area contributed by atoms with Gasteiger partial charge in [-0.15, -0.1) is 0 Å². The number of hydrogen-bond donors (Lipinski definition) is 4. The van der Waals surface area contributed by atoms with Crippen LogP contribution in [-0.4, -0.2) is 62.1 Å². The molecule has 2 aromatic rings. The van der Waals surface area contributed by atoms with Crippen LogP contribution in [0.1, 0.15) is 49.3 Å². The number of nitrogens with two attached hydrogens (primary N) is 1. The minimum Gasteiger partial charge on any atom is -0.397 e. The van der Waals surface area contributed by atoms with Gasteiger partial charge in [-0.05, 0) is 42.2 Å². The van der Waals surface area contributed by atoms with E-state index in [1.807, 2.05) is 36.4 Å². The molecular weight excluding hydrogens is 466 g/mol. The molecule has 37 heavy (non-hydrogen) atoms. The van der Waals surface area contributed by atoms with Crippen molar-refractivity contribution in [2.45, 2.75) is 44.2 Å². The van der Waals surface area contributed by atoms with Crippen LogP contribution < -0.4 is 21.7 Å². The van der Waals surface area contributed by atoms with Crippen molar-refractivity contribution in [1.82, 2.24) is 15.5 Å². The van der Waals surface area contributed by atoms with Gasteiger partial charge in [0.1, 0.15) is 6.04 Å². The predicted octanol–water partition coefficient (Wildman–Crippen LogP) is 3.33. The minimum atomic E-state index is -0.426. The third-order valence-corrected chi connectivity index (χ3v) is 7.01. The normalized spacial score (nSPS) is 17.9. The van der Waals surface area contributed by atoms with Gasteiger partial charge in [-0.2, -0.15) is 0 Å². The number of nitrogens with zero attached hydrogens (tertiary/aromatic N) is 1. The Morgan fingerprint density at radius 1 is 1.03 bits per heavy atom. The number of carbonyl (C=O) groups excluding carboxylic acids is 2. The lowest BCUT2D eigenvalue weighted by atomic mass is 9.95. The summed E-state index contributed by atoms with van der Waals surface area (Å²) in [5.41, 5.74) is 8.79. The van der Waals surface area contributed by atoms with Crippen LogP contribution in [0.3, 0.4) is 0 Å². The van der Waals surface area contributed by atoms with Crippen molar-refractivity contribution in [3.05, 3.63) is 65.7 Å². The van der Waals surface area contributed by atoms with E-state index in [9.17, 15) is 9.59 Å². The van der Waals surface area contributed by atoms with Crippen molar-refractivity contribution in [3.8, 4) is 0 Å². The van der Waals surface area contributed by atoms with Crippen molar-refractivity contribution in [3.63, 3.8) is 0 Å². The zero-order valence-corrected chi connectivity index (χ0v) is 21.5. The molecule has 0 spiro atoms. The predicted molar refractivity (Wildman–Crippen MR) is 148 cm³/mol. The first-order chi connectivity index (χ1) is 18.1. The standard InChI is InChI=1S/C29H39N5O3/c30-25-8-4-5-9-26(25)33-27(35)15-12-22-10-13-23(14-11-22)28(29(36)32-24-6-2-1-3-7-24)31-16-17-34-18-20-37-21-19-34/h4-5,8-15,24,28,31H,1-3,6-7,16-21,30H2,(H,32,36)(H,33,35). The van der Waals surface area contributed by atoms with E-state index >= 15 is 0 Å². The molecule has 1 heterocycles. The van der Waals surface area contributed by atoms with Crippen molar-refractivity contribution in [1.29, 1.82) is 0 Å². The largest absolute Gasteiger partial charge is 0.397 e. The lowest BCUT2D eigenvalue weighted by Gasteiger charge is -2.29. The number of anilines is 2. The van der Waals surface area contributed by atoms with E-state index in [2.05, 4.69) is 20.9 Å². The summed E-state index contributed by atoms with van der Waals surface area (Å²) in [5, 5.41) is 9.55. The summed E-state index contributed by atoms with van der Waals surface area (Å²) in [5.74, 6) is -0.228. The number of carbonyl (C=O) groups is 2. The molecule has 1 saturated carbocycles. The first-order valence-corrected chi connectivity index (χ1v) is 13.4. The second kappa shape index (κ2) is 13.9. The van der Waals surface area contributed by atoms with Gasteiger partial charge in [0.15, 0.2) is 0 Å². The Kier molecular flexibility index (Phi) is 10.1. The Bertz CT molecular complexity index is 1040. The molecule has 1 aliphatic heterocycles. The van der Waals surface area contributed by atoms with Crippen LogP contribution in [0.15, 0.2) is 54.6 Å². The molecule has 2 amide bonds. The van der Waals surface area contributed by atoms with Gasteiger partial charge in [-0.25, -0.2) is 0 Å². The Hall–Kier alpha value is -3.20. The Morgan fingerprint density at radius 3 is 2.49 bits per heavy atom. The van der Waals surface area contributed by atoms with Crippen LogP contribution >= 0.6 is 0 Å². The van der Waals surface area contributed by atoms with Crippen LogP contribution in [0.2, 0.25) is 0 Å². The molecule has 1 atom stereocenters. The number of rotatable bonds is 10. The van der Waals surface area contributed by atoms with E-state index in [4.69, 9.17) is 10.5 Å². The molecule has 8 heteroatoms. The highest BCUT2D eigenvalue weighted by atomic mass is 16.5. The summed E-state index contributed by atoms with van der Waals surface area (Å²) >= 11 is 0. The van der Waals surface area contributed by atoms with Gasteiger partial charge in [0, 0.05) is 38.3 Å². The van der Waals surface area contributed by atoms with Crippen LogP contribution in [0.5, 0.6) is 0 Å². The van der Waals surface area contributed by atoms with E-state index in [1.54, 1.807) is 18.2 Å². The molecule has 5 N–H and O–H groups in total. The molecule has 198 valence electrons. The molecule has 2 aliphatic rings. The second-order valence-corrected chi connectivity index (χ2v) is 9.76. The summed E-state index contributed by atoms with van der Waals surface area (Å²) in [7, 11) is 0. The number of benzene rings is 2. The molecular formula is C29H39N5O3. The first-order valence-electron chi connectivity index (χ1n) is 13.4. The number of ether oxygens (including phenoxy) is 1. The summed E-state index contributed by atoms with van der Waals surface area (Å²) < 4.78 is 5.44. The number of hydrogen-bond acceptors (Lipinski definition) is 6. The number of amides is 2. The summed E-state index contributed by atoms with van der Waals surface area (Å²) in [6, 6.07) is 14.8. The smallest absolute Gasteiger partial charge is 0.248 e. The lowest BCUT2D eigenvalue weighted by molar-refractivity contribution is -0.124. The summed E-state index contributed by atoms with van der Waals surface area (Å²) in [6.07, 6.45) is 8.92. The molecule has 8 nitrogen and oxygen atoms in total. The van der Waals surface area contributed by atoms with Gasteiger partial charge in [0.05, 0.1) is 24.6 Å². The maximum absolute atomic E-state index is 13.3. The third kappa shape index (κ3) is 8.42. The van der Waals surface area contributed by atoms with E-state index in [1.165, 1.54) is 25.3 Å². The maximum atomic E-state index is 13.3.